The number of hydrogen-bond donors (Lipinski definition) is 1. The summed E-state index contributed by atoms with van der Waals surface area (Å²) in [6.07, 6.45) is 0. The van der Waals surface area contributed by atoms with Crippen LogP contribution in [0.25, 0.3) is 11.5 Å². The van der Waals surface area contributed by atoms with Crippen molar-refractivity contribution < 1.29 is 22.7 Å². The van der Waals surface area contributed by atoms with Crippen molar-refractivity contribution in [3.8, 4) is 23.3 Å². The summed E-state index contributed by atoms with van der Waals surface area (Å²) in [5.74, 6) is -1.44. The van der Waals surface area contributed by atoms with E-state index >= 15 is 0 Å². The predicted octanol–water partition coefficient (Wildman–Crippen LogP) is 2.61. The van der Waals surface area contributed by atoms with Crippen molar-refractivity contribution in [2.75, 3.05) is 5.75 Å². The lowest BCUT2D eigenvalue weighted by atomic mass is 10.1. The monoisotopic (exact) mass is 366 g/mol. The third kappa shape index (κ3) is 5.02. The second kappa shape index (κ2) is 8.25. The van der Waals surface area contributed by atoms with Gasteiger partial charge in [-0.25, -0.2) is 0 Å². The van der Waals surface area contributed by atoms with E-state index in [0.29, 0.717) is 5.56 Å². The van der Waals surface area contributed by atoms with Crippen molar-refractivity contribution in [1.29, 1.82) is 5.26 Å². The maximum atomic E-state index is 12.1. The Kier molecular flexibility index (Phi) is 6.08. The summed E-state index contributed by atoms with van der Waals surface area (Å²) in [4.78, 5) is 11.8. The molecule has 0 aliphatic carbocycles. The Morgan fingerprint density at radius 2 is 2.08 bits per heavy atom. The molecule has 0 saturated carbocycles. The summed E-state index contributed by atoms with van der Waals surface area (Å²) in [5.41, 5.74) is 5.86. The van der Waals surface area contributed by atoms with E-state index in [0.717, 1.165) is 11.8 Å². The molecule has 10 heteroatoms. The van der Waals surface area contributed by atoms with Crippen LogP contribution in [0, 0.1) is 17.2 Å². The van der Waals surface area contributed by atoms with Gasteiger partial charge < -0.3 is 14.9 Å². The topological polar surface area (TPSA) is 115 Å². The summed E-state index contributed by atoms with van der Waals surface area (Å²) >= 11 is 0.955. The minimum atomic E-state index is -2.91. The van der Waals surface area contributed by atoms with Crippen LogP contribution in [0.4, 0.5) is 8.78 Å². The molecule has 0 amide bonds. The average Bonchev–Trinajstić information content (AvgIpc) is 3.02. The van der Waals surface area contributed by atoms with Crippen molar-refractivity contribution in [3.05, 3.63) is 36.5 Å². The van der Waals surface area contributed by atoms with Gasteiger partial charge in [0.15, 0.2) is 5.78 Å². The number of thioether (sulfide) groups is 1. The molecule has 1 aromatic heterocycles. The molecule has 2 aromatic rings. The van der Waals surface area contributed by atoms with Gasteiger partial charge in [0.05, 0.1) is 11.8 Å². The molecule has 0 aliphatic rings. The number of nitriles is 1. The molecule has 0 saturated heterocycles. The first-order chi connectivity index (χ1) is 11.9. The number of carbonyl (C=O) groups is 1. The van der Waals surface area contributed by atoms with Crippen molar-refractivity contribution in [2.45, 2.75) is 11.8 Å². The van der Waals surface area contributed by atoms with Gasteiger partial charge in [0.1, 0.15) is 11.7 Å². The molecule has 1 aromatic carbocycles. The largest absolute Gasteiger partial charge is 0.435 e. The van der Waals surface area contributed by atoms with Crippen LogP contribution in [0.1, 0.15) is 0 Å². The Morgan fingerprint density at radius 3 is 2.64 bits per heavy atom. The van der Waals surface area contributed by atoms with Gasteiger partial charge in [-0.05, 0) is 24.3 Å². The fourth-order valence-electron chi connectivity index (χ4n) is 1.74. The van der Waals surface area contributed by atoms with Crippen molar-refractivity contribution in [3.63, 3.8) is 0 Å². The zero-order valence-corrected chi connectivity index (χ0v) is 13.5. The van der Waals surface area contributed by atoms with Crippen LogP contribution in [0.5, 0.6) is 5.75 Å². The number of ether oxygens (including phenoxy) is 1. The van der Waals surface area contributed by atoms with E-state index in [-0.39, 0.29) is 28.3 Å². The van der Waals surface area contributed by atoms with E-state index in [9.17, 15) is 13.6 Å². The number of Topliss-reactive ketones (excluding diaryl/α,β-unsaturated/α-hetero) is 1. The van der Waals surface area contributed by atoms with Gasteiger partial charge in [-0.3, -0.25) is 4.79 Å². The van der Waals surface area contributed by atoms with Crippen LogP contribution in [0.2, 0.25) is 0 Å². The van der Waals surface area contributed by atoms with Crippen LogP contribution in [-0.2, 0) is 4.79 Å². The van der Waals surface area contributed by atoms with Crippen LogP contribution in [-0.4, -0.2) is 28.3 Å². The van der Waals surface area contributed by atoms with E-state index in [1.165, 1.54) is 24.3 Å². The molecule has 0 bridgehead atoms. The average molecular weight is 366 g/mol. The summed E-state index contributed by atoms with van der Waals surface area (Å²) in [7, 11) is 0. The van der Waals surface area contributed by atoms with E-state index in [1.54, 1.807) is 6.07 Å². The lowest BCUT2D eigenvalue weighted by Gasteiger charge is -2.05. The molecular weight excluding hydrogens is 354 g/mol. The smallest absolute Gasteiger partial charge is 0.387 e. The van der Waals surface area contributed by atoms with Gasteiger partial charge in [-0.1, -0.05) is 18.3 Å². The Hall–Kier alpha value is -2.93. The lowest BCUT2D eigenvalue weighted by Crippen LogP contribution is -2.21. The maximum absolute atomic E-state index is 12.1. The van der Waals surface area contributed by atoms with Crippen molar-refractivity contribution >= 4 is 17.5 Å². The molecule has 130 valence electrons. The molecule has 0 fully saturated rings. The SMILES string of the molecule is C=C(N)[C@H](C#N)C(=O)CSc1nnc(-c2ccc(OC(F)F)cc2)o1. The second-order valence-electron chi connectivity index (χ2n) is 4.67. The molecule has 2 rings (SSSR count). The standard InChI is InChI=1S/C15H12F2N4O3S/c1-8(19)11(6-18)12(22)7-25-15-21-20-13(24-15)9-2-4-10(5-3-9)23-14(16)17/h2-5,11,14H,1,7,19H2/t11-/m0/s1. The van der Waals surface area contributed by atoms with Gasteiger partial charge in [0.2, 0.25) is 5.89 Å². The summed E-state index contributed by atoms with van der Waals surface area (Å²) in [6, 6.07) is 7.41. The third-order valence-corrected chi connectivity index (χ3v) is 3.73. The molecule has 0 aliphatic heterocycles. The molecular formula is C15H12F2N4O3S. The predicted molar refractivity (Wildman–Crippen MR) is 84.5 cm³/mol. The Balaban J connectivity index is 1.99. The summed E-state index contributed by atoms with van der Waals surface area (Å²) < 4.78 is 33.8. The van der Waals surface area contributed by atoms with Crippen LogP contribution >= 0.6 is 11.8 Å². The number of carbonyl (C=O) groups excluding carboxylic acids is 1. The van der Waals surface area contributed by atoms with E-state index in [2.05, 4.69) is 21.5 Å². The number of hydrogen-bond acceptors (Lipinski definition) is 8. The summed E-state index contributed by atoms with van der Waals surface area (Å²) in [6.45, 7) is 0.482. The molecule has 25 heavy (non-hydrogen) atoms. The molecule has 0 spiro atoms. The number of aromatic nitrogens is 2. The highest BCUT2D eigenvalue weighted by Crippen LogP contribution is 2.26. The van der Waals surface area contributed by atoms with Gasteiger partial charge in [-0.2, -0.15) is 14.0 Å². The highest BCUT2D eigenvalue weighted by atomic mass is 32.2. The molecule has 1 heterocycles. The fraction of sp³-hybridized carbons (Fsp3) is 0.200. The number of ketones is 1. The number of benzene rings is 1. The van der Waals surface area contributed by atoms with E-state index < -0.39 is 18.3 Å². The third-order valence-electron chi connectivity index (χ3n) is 2.89. The first-order valence-corrected chi connectivity index (χ1v) is 7.77. The molecule has 0 radical (unpaired) electrons. The first kappa shape index (κ1) is 18.4. The quantitative estimate of drug-likeness (QED) is 0.709. The minimum absolute atomic E-state index is 0.00280. The Morgan fingerprint density at radius 1 is 1.40 bits per heavy atom. The number of alkyl halides is 2. The number of rotatable bonds is 8. The van der Waals surface area contributed by atoms with Crippen LogP contribution < -0.4 is 10.5 Å². The zero-order chi connectivity index (χ0) is 18.4. The number of allylic oxidation sites excluding steroid dienone is 1. The van der Waals surface area contributed by atoms with E-state index in [1.807, 2.05) is 0 Å². The lowest BCUT2D eigenvalue weighted by molar-refractivity contribution is -0.117. The highest BCUT2D eigenvalue weighted by molar-refractivity contribution is 7.99. The molecule has 1 atom stereocenters. The number of halogens is 2. The Bertz CT molecular complexity index is 802. The van der Waals surface area contributed by atoms with Crippen LogP contribution in [0.3, 0.4) is 0 Å². The normalized spacial score (nSPS) is 11.8. The van der Waals surface area contributed by atoms with Crippen molar-refractivity contribution in [2.24, 2.45) is 11.7 Å². The molecule has 7 nitrogen and oxygen atoms in total. The number of nitrogens with two attached hydrogens (primary N) is 1. The van der Waals surface area contributed by atoms with E-state index in [4.69, 9.17) is 15.4 Å². The maximum Gasteiger partial charge on any atom is 0.387 e. The van der Waals surface area contributed by atoms with Gasteiger partial charge in [0, 0.05) is 11.3 Å². The Labute approximate surface area is 145 Å². The van der Waals surface area contributed by atoms with Gasteiger partial charge in [-0.15, -0.1) is 10.2 Å². The van der Waals surface area contributed by atoms with Crippen molar-refractivity contribution in [1.82, 2.24) is 10.2 Å². The first-order valence-electron chi connectivity index (χ1n) is 6.79. The minimum Gasteiger partial charge on any atom is -0.435 e. The van der Waals surface area contributed by atoms with Crippen LogP contribution in [0.15, 0.2) is 46.2 Å². The fourth-order valence-corrected chi connectivity index (χ4v) is 2.41. The highest BCUT2D eigenvalue weighted by Gasteiger charge is 2.20. The molecule has 2 N–H and O–H groups in total. The van der Waals surface area contributed by atoms with Gasteiger partial charge >= 0.3 is 6.61 Å². The second-order valence-corrected chi connectivity index (χ2v) is 5.59. The summed E-state index contributed by atoms with van der Waals surface area (Å²) in [5, 5.41) is 16.6. The number of nitrogens with zero attached hydrogens (tertiary/aromatic N) is 3. The van der Waals surface area contributed by atoms with Gasteiger partial charge in [0.25, 0.3) is 5.22 Å². The molecule has 0 unspecified atom stereocenters. The zero-order valence-electron chi connectivity index (χ0n) is 12.7.